The normalized spacial score (nSPS) is 12.3. The summed E-state index contributed by atoms with van der Waals surface area (Å²) in [6.07, 6.45) is 3.03. The van der Waals surface area contributed by atoms with Crippen molar-refractivity contribution in [2.45, 2.75) is 6.10 Å². The molecule has 0 bridgehead atoms. The Morgan fingerprint density at radius 1 is 1.26 bits per heavy atom. The predicted octanol–water partition coefficient (Wildman–Crippen LogP) is 3.69. The zero-order valence-corrected chi connectivity index (χ0v) is 13.1. The van der Waals surface area contributed by atoms with Crippen LogP contribution in [-0.4, -0.2) is 18.2 Å². The number of rotatable bonds is 6. The van der Waals surface area contributed by atoms with Crippen molar-refractivity contribution in [2.75, 3.05) is 13.1 Å². The lowest BCUT2D eigenvalue weighted by molar-refractivity contribution is 0.176. The quantitative estimate of drug-likeness (QED) is 0.794. The van der Waals surface area contributed by atoms with E-state index in [1.54, 1.807) is 18.2 Å². The van der Waals surface area contributed by atoms with Crippen LogP contribution in [0.4, 0.5) is 4.39 Å². The molecule has 0 radical (unpaired) electrons. The highest BCUT2D eigenvalue weighted by Gasteiger charge is 2.09. The topological polar surface area (TPSA) is 56.0 Å². The first kappa shape index (κ1) is 17.2. The van der Waals surface area contributed by atoms with Gasteiger partial charge in [-0.15, -0.1) is 0 Å². The van der Waals surface area contributed by atoms with Crippen LogP contribution in [0.2, 0.25) is 5.02 Å². The maximum atomic E-state index is 13.3. The summed E-state index contributed by atoms with van der Waals surface area (Å²) in [5, 5.41) is 21.8. The van der Waals surface area contributed by atoms with E-state index in [4.69, 9.17) is 16.9 Å². The van der Waals surface area contributed by atoms with Gasteiger partial charge in [-0.1, -0.05) is 42.0 Å². The van der Waals surface area contributed by atoms with Gasteiger partial charge in [0.1, 0.15) is 5.82 Å². The van der Waals surface area contributed by atoms with E-state index < -0.39 is 11.9 Å². The number of hydrogen-bond donors (Lipinski definition) is 2. The number of hydrogen-bond acceptors (Lipinski definition) is 3. The van der Waals surface area contributed by atoms with E-state index in [1.165, 1.54) is 12.1 Å². The van der Waals surface area contributed by atoms with Crippen LogP contribution in [0.25, 0.3) is 6.08 Å². The molecule has 3 nitrogen and oxygen atoms in total. The van der Waals surface area contributed by atoms with Crippen LogP contribution in [0.5, 0.6) is 0 Å². The third-order valence-corrected chi connectivity index (χ3v) is 3.58. The summed E-state index contributed by atoms with van der Waals surface area (Å²) in [6.45, 7) is 0.867. The van der Waals surface area contributed by atoms with Crippen molar-refractivity contribution in [3.8, 4) is 6.07 Å². The van der Waals surface area contributed by atoms with Crippen molar-refractivity contribution in [2.24, 2.45) is 0 Å². The zero-order valence-electron chi connectivity index (χ0n) is 12.3. The van der Waals surface area contributed by atoms with Gasteiger partial charge in [0, 0.05) is 13.1 Å². The van der Waals surface area contributed by atoms with Crippen LogP contribution in [0, 0.1) is 17.1 Å². The average Bonchev–Trinajstić information content (AvgIpc) is 2.57. The van der Waals surface area contributed by atoms with Gasteiger partial charge in [-0.25, -0.2) is 4.39 Å². The van der Waals surface area contributed by atoms with Crippen LogP contribution in [0.15, 0.2) is 48.5 Å². The lowest BCUT2D eigenvalue weighted by Crippen LogP contribution is -2.21. The molecule has 0 aliphatic heterocycles. The molecule has 118 valence electrons. The van der Waals surface area contributed by atoms with Gasteiger partial charge >= 0.3 is 0 Å². The molecule has 5 heteroatoms. The Labute approximate surface area is 139 Å². The minimum absolute atomic E-state index is 0.0410. The molecule has 23 heavy (non-hydrogen) atoms. The maximum absolute atomic E-state index is 13.3. The molecular formula is C18H16ClFN2O. The van der Waals surface area contributed by atoms with Crippen LogP contribution in [0.3, 0.4) is 0 Å². The summed E-state index contributed by atoms with van der Waals surface area (Å²) in [5.41, 5.74) is 2.10. The van der Waals surface area contributed by atoms with Crippen molar-refractivity contribution >= 4 is 17.7 Å². The number of nitrogens with one attached hydrogen (secondary N) is 1. The molecule has 0 aromatic heterocycles. The standard InChI is InChI=1S/C18H16ClFN2O/c19-16-8-7-15(10-17(16)20)18(23)12-22-9-1-2-13-3-5-14(11-21)6-4-13/h1-8,10,18,22-23H,9,12H2/b2-1+. The summed E-state index contributed by atoms with van der Waals surface area (Å²) < 4.78 is 13.3. The Hall–Kier alpha value is -2.19. The van der Waals surface area contributed by atoms with E-state index in [-0.39, 0.29) is 5.02 Å². The summed E-state index contributed by atoms with van der Waals surface area (Å²) in [5.74, 6) is -0.538. The van der Waals surface area contributed by atoms with Gasteiger partial charge in [0.05, 0.1) is 22.8 Å². The number of halogens is 2. The Balaban J connectivity index is 1.78. The Kier molecular flexibility index (Phi) is 6.30. The number of aliphatic hydroxyl groups excluding tert-OH is 1. The number of aliphatic hydroxyl groups is 1. The molecule has 0 spiro atoms. The molecule has 0 aliphatic carbocycles. The van der Waals surface area contributed by atoms with Crippen LogP contribution in [-0.2, 0) is 0 Å². The van der Waals surface area contributed by atoms with E-state index in [1.807, 2.05) is 24.3 Å². The molecule has 0 heterocycles. The molecule has 0 saturated heterocycles. The highest BCUT2D eigenvalue weighted by molar-refractivity contribution is 6.30. The lowest BCUT2D eigenvalue weighted by Gasteiger charge is -2.11. The molecule has 1 unspecified atom stereocenters. The Morgan fingerprint density at radius 2 is 2.00 bits per heavy atom. The van der Waals surface area contributed by atoms with Gasteiger partial charge in [0.2, 0.25) is 0 Å². The van der Waals surface area contributed by atoms with Crippen LogP contribution < -0.4 is 5.32 Å². The maximum Gasteiger partial charge on any atom is 0.142 e. The van der Waals surface area contributed by atoms with Crippen molar-refractivity contribution in [3.05, 3.63) is 76.1 Å². The first-order chi connectivity index (χ1) is 11.1. The minimum Gasteiger partial charge on any atom is -0.387 e. The second kappa shape index (κ2) is 8.44. The van der Waals surface area contributed by atoms with Crippen LogP contribution >= 0.6 is 11.6 Å². The SMILES string of the molecule is N#Cc1ccc(/C=C/CNCC(O)c2ccc(Cl)c(F)c2)cc1. The summed E-state index contributed by atoms with van der Waals surface area (Å²) in [7, 11) is 0. The second-order valence-corrected chi connectivity index (χ2v) is 5.39. The third kappa shape index (κ3) is 5.19. The van der Waals surface area contributed by atoms with E-state index >= 15 is 0 Å². The third-order valence-electron chi connectivity index (χ3n) is 3.28. The molecule has 2 aromatic rings. The van der Waals surface area contributed by atoms with E-state index in [0.717, 1.165) is 5.56 Å². The fraction of sp³-hybridized carbons (Fsp3) is 0.167. The lowest BCUT2D eigenvalue weighted by atomic mass is 10.1. The first-order valence-electron chi connectivity index (χ1n) is 7.10. The average molecular weight is 331 g/mol. The molecule has 0 fully saturated rings. The van der Waals surface area contributed by atoms with Gasteiger partial charge in [-0.05, 0) is 35.4 Å². The van der Waals surface area contributed by atoms with Gasteiger partial charge in [-0.3, -0.25) is 0 Å². The van der Waals surface area contributed by atoms with E-state index in [0.29, 0.717) is 24.2 Å². The predicted molar refractivity (Wildman–Crippen MR) is 89.4 cm³/mol. The number of benzene rings is 2. The Bertz CT molecular complexity index is 723. The molecule has 0 saturated carbocycles. The first-order valence-corrected chi connectivity index (χ1v) is 7.48. The van der Waals surface area contributed by atoms with Crippen molar-refractivity contribution in [3.63, 3.8) is 0 Å². The van der Waals surface area contributed by atoms with Crippen molar-refractivity contribution in [1.82, 2.24) is 5.32 Å². The number of nitrogens with zero attached hydrogens (tertiary/aromatic N) is 1. The highest BCUT2D eigenvalue weighted by Crippen LogP contribution is 2.19. The fourth-order valence-corrected chi connectivity index (χ4v) is 2.12. The monoisotopic (exact) mass is 330 g/mol. The largest absolute Gasteiger partial charge is 0.387 e. The van der Waals surface area contributed by atoms with E-state index in [9.17, 15) is 9.50 Å². The van der Waals surface area contributed by atoms with Crippen molar-refractivity contribution in [1.29, 1.82) is 5.26 Å². The van der Waals surface area contributed by atoms with E-state index in [2.05, 4.69) is 11.4 Å². The fourth-order valence-electron chi connectivity index (χ4n) is 2.00. The highest BCUT2D eigenvalue weighted by atomic mass is 35.5. The molecular weight excluding hydrogens is 315 g/mol. The molecule has 2 aromatic carbocycles. The molecule has 0 aliphatic rings. The smallest absolute Gasteiger partial charge is 0.142 e. The molecule has 2 rings (SSSR count). The van der Waals surface area contributed by atoms with Gasteiger partial charge in [0.15, 0.2) is 0 Å². The van der Waals surface area contributed by atoms with Gasteiger partial charge in [0.25, 0.3) is 0 Å². The Morgan fingerprint density at radius 3 is 2.65 bits per heavy atom. The zero-order chi connectivity index (χ0) is 16.7. The number of nitriles is 1. The van der Waals surface area contributed by atoms with Crippen LogP contribution in [0.1, 0.15) is 22.8 Å². The molecule has 1 atom stereocenters. The van der Waals surface area contributed by atoms with Gasteiger partial charge < -0.3 is 10.4 Å². The minimum atomic E-state index is -0.801. The molecule has 2 N–H and O–H groups in total. The summed E-state index contributed by atoms with van der Waals surface area (Å²) in [6, 6.07) is 13.6. The summed E-state index contributed by atoms with van der Waals surface area (Å²) >= 11 is 5.61. The molecule has 0 amide bonds. The van der Waals surface area contributed by atoms with Gasteiger partial charge in [-0.2, -0.15) is 5.26 Å². The summed E-state index contributed by atoms with van der Waals surface area (Å²) in [4.78, 5) is 0. The van der Waals surface area contributed by atoms with Crippen molar-refractivity contribution < 1.29 is 9.50 Å². The second-order valence-electron chi connectivity index (χ2n) is 4.98.